The second-order valence-corrected chi connectivity index (χ2v) is 4.94. The van der Waals surface area contributed by atoms with E-state index in [2.05, 4.69) is 10.3 Å². The number of nitrogens with zero attached hydrogens (tertiary/aromatic N) is 1. The van der Waals surface area contributed by atoms with E-state index in [9.17, 15) is 9.59 Å². The van der Waals surface area contributed by atoms with Crippen molar-refractivity contribution in [2.24, 2.45) is 0 Å². The standard InChI is InChI=1S/C19H14N2O2/c22-18(14-7-2-1-3-8-14)16-10-4-5-11-17(16)21-19(23)15-9-6-12-20-13-15/h1-13H,(H,21,23). The summed E-state index contributed by atoms with van der Waals surface area (Å²) in [7, 11) is 0. The molecule has 0 unspecified atom stereocenters. The average molecular weight is 302 g/mol. The van der Waals surface area contributed by atoms with Crippen molar-refractivity contribution in [3.8, 4) is 0 Å². The topological polar surface area (TPSA) is 59.1 Å². The number of ketones is 1. The summed E-state index contributed by atoms with van der Waals surface area (Å²) in [5, 5.41) is 2.78. The molecule has 1 amide bonds. The van der Waals surface area contributed by atoms with Gasteiger partial charge in [-0.3, -0.25) is 14.6 Å². The first kappa shape index (κ1) is 14.7. The van der Waals surface area contributed by atoms with Crippen molar-refractivity contribution in [2.45, 2.75) is 0 Å². The van der Waals surface area contributed by atoms with Crippen LogP contribution in [0.2, 0.25) is 0 Å². The van der Waals surface area contributed by atoms with E-state index in [1.807, 2.05) is 18.2 Å². The highest BCUT2D eigenvalue weighted by Gasteiger charge is 2.15. The Morgan fingerprint density at radius 2 is 1.48 bits per heavy atom. The highest BCUT2D eigenvalue weighted by Crippen LogP contribution is 2.20. The van der Waals surface area contributed by atoms with Gasteiger partial charge in [0, 0.05) is 23.5 Å². The van der Waals surface area contributed by atoms with Gasteiger partial charge in [0.05, 0.1) is 11.3 Å². The van der Waals surface area contributed by atoms with Crippen LogP contribution in [0.25, 0.3) is 0 Å². The van der Waals surface area contributed by atoms with Gasteiger partial charge in [-0.2, -0.15) is 0 Å². The summed E-state index contributed by atoms with van der Waals surface area (Å²) in [5.74, 6) is -0.431. The maximum absolute atomic E-state index is 12.6. The molecule has 0 aliphatic rings. The zero-order valence-electron chi connectivity index (χ0n) is 12.3. The van der Waals surface area contributed by atoms with Crippen LogP contribution in [0.1, 0.15) is 26.3 Å². The third-order valence-electron chi connectivity index (χ3n) is 3.38. The van der Waals surface area contributed by atoms with Crippen LogP contribution in [0.5, 0.6) is 0 Å². The van der Waals surface area contributed by atoms with E-state index in [1.165, 1.54) is 6.20 Å². The van der Waals surface area contributed by atoms with E-state index in [0.29, 0.717) is 22.4 Å². The lowest BCUT2D eigenvalue weighted by Gasteiger charge is -2.10. The van der Waals surface area contributed by atoms with Crippen LogP contribution in [0.4, 0.5) is 5.69 Å². The first-order valence-corrected chi connectivity index (χ1v) is 7.16. The average Bonchev–Trinajstić information content (AvgIpc) is 2.63. The van der Waals surface area contributed by atoms with Crippen molar-refractivity contribution in [3.05, 3.63) is 95.8 Å². The van der Waals surface area contributed by atoms with Crippen molar-refractivity contribution in [3.63, 3.8) is 0 Å². The molecule has 0 aliphatic carbocycles. The maximum atomic E-state index is 12.6. The largest absolute Gasteiger partial charge is 0.321 e. The maximum Gasteiger partial charge on any atom is 0.257 e. The SMILES string of the molecule is O=C(Nc1ccccc1C(=O)c1ccccc1)c1cccnc1. The van der Waals surface area contributed by atoms with Gasteiger partial charge < -0.3 is 5.32 Å². The van der Waals surface area contributed by atoms with Gasteiger partial charge in [0.25, 0.3) is 5.91 Å². The summed E-state index contributed by atoms with van der Waals surface area (Å²) >= 11 is 0. The van der Waals surface area contributed by atoms with E-state index in [1.54, 1.807) is 54.7 Å². The van der Waals surface area contributed by atoms with Crippen LogP contribution in [-0.2, 0) is 0 Å². The minimum absolute atomic E-state index is 0.132. The highest BCUT2D eigenvalue weighted by atomic mass is 16.1. The van der Waals surface area contributed by atoms with Crippen molar-refractivity contribution in [2.75, 3.05) is 5.32 Å². The van der Waals surface area contributed by atoms with Crippen LogP contribution >= 0.6 is 0 Å². The summed E-state index contributed by atoms with van der Waals surface area (Å²) in [4.78, 5) is 28.8. The number of carbonyl (C=O) groups excluding carboxylic acids is 2. The molecule has 0 aliphatic heterocycles. The molecule has 0 radical (unpaired) electrons. The lowest BCUT2D eigenvalue weighted by Crippen LogP contribution is -2.15. The summed E-state index contributed by atoms with van der Waals surface area (Å²) < 4.78 is 0. The van der Waals surface area contributed by atoms with Gasteiger partial charge in [-0.15, -0.1) is 0 Å². The summed E-state index contributed by atoms with van der Waals surface area (Å²) in [6.07, 6.45) is 3.08. The molecule has 1 N–H and O–H groups in total. The monoisotopic (exact) mass is 302 g/mol. The number of rotatable bonds is 4. The Bertz CT molecular complexity index is 830. The van der Waals surface area contributed by atoms with Crippen LogP contribution in [-0.4, -0.2) is 16.7 Å². The van der Waals surface area contributed by atoms with E-state index in [4.69, 9.17) is 0 Å². The Labute approximate surface area is 133 Å². The normalized spacial score (nSPS) is 10.1. The number of benzene rings is 2. The Morgan fingerprint density at radius 3 is 2.22 bits per heavy atom. The van der Waals surface area contributed by atoms with Gasteiger partial charge in [0.1, 0.15) is 0 Å². The number of nitrogens with one attached hydrogen (secondary N) is 1. The molecule has 2 aromatic carbocycles. The lowest BCUT2D eigenvalue weighted by molar-refractivity contribution is 0.102. The predicted molar refractivity (Wildman–Crippen MR) is 88.5 cm³/mol. The first-order valence-electron chi connectivity index (χ1n) is 7.16. The zero-order chi connectivity index (χ0) is 16.1. The third-order valence-corrected chi connectivity index (χ3v) is 3.38. The molecule has 112 valence electrons. The van der Waals surface area contributed by atoms with Gasteiger partial charge >= 0.3 is 0 Å². The molecule has 0 atom stereocenters. The second kappa shape index (κ2) is 6.66. The minimum atomic E-state index is -0.300. The number of hydrogen-bond acceptors (Lipinski definition) is 3. The Hall–Kier alpha value is -3.27. The molecule has 4 nitrogen and oxygen atoms in total. The van der Waals surface area contributed by atoms with Gasteiger partial charge in [0.15, 0.2) is 5.78 Å². The quantitative estimate of drug-likeness (QED) is 0.750. The fourth-order valence-electron chi connectivity index (χ4n) is 2.23. The number of para-hydroxylation sites is 1. The second-order valence-electron chi connectivity index (χ2n) is 4.94. The molecule has 23 heavy (non-hydrogen) atoms. The Balaban J connectivity index is 1.90. The first-order chi connectivity index (χ1) is 11.3. The summed E-state index contributed by atoms with van der Waals surface area (Å²) in [5.41, 5.74) is 1.95. The molecule has 0 spiro atoms. The van der Waals surface area contributed by atoms with Crippen LogP contribution in [0, 0.1) is 0 Å². The fourth-order valence-corrected chi connectivity index (χ4v) is 2.23. The number of aromatic nitrogens is 1. The number of carbonyl (C=O) groups is 2. The van der Waals surface area contributed by atoms with Gasteiger partial charge in [-0.05, 0) is 24.3 Å². The number of anilines is 1. The van der Waals surface area contributed by atoms with Crippen molar-refractivity contribution in [1.29, 1.82) is 0 Å². The smallest absolute Gasteiger partial charge is 0.257 e. The lowest BCUT2D eigenvalue weighted by atomic mass is 10.0. The van der Waals surface area contributed by atoms with Crippen LogP contribution in [0.15, 0.2) is 79.1 Å². The number of amides is 1. The molecule has 0 saturated heterocycles. The van der Waals surface area contributed by atoms with Crippen molar-refractivity contribution in [1.82, 2.24) is 4.98 Å². The number of pyridine rings is 1. The van der Waals surface area contributed by atoms with Crippen LogP contribution in [0.3, 0.4) is 0 Å². The van der Waals surface area contributed by atoms with Gasteiger partial charge in [-0.25, -0.2) is 0 Å². The molecule has 4 heteroatoms. The molecular weight excluding hydrogens is 288 g/mol. The van der Waals surface area contributed by atoms with E-state index in [-0.39, 0.29) is 11.7 Å². The number of hydrogen-bond donors (Lipinski definition) is 1. The molecule has 1 heterocycles. The van der Waals surface area contributed by atoms with Gasteiger partial charge in [0.2, 0.25) is 0 Å². The predicted octanol–water partition coefficient (Wildman–Crippen LogP) is 3.56. The Morgan fingerprint density at radius 1 is 0.783 bits per heavy atom. The molecule has 0 fully saturated rings. The van der Waals surface area contributed by atoms with Crippen molar-refractivity contribution >= 4 is 17.4 Å². The summed E-state index contributed by atoms with van der Waals surface area (Å²) in [6.45, 7) is 0. The van der Waals surface area contributed by atoms with E-state index >= 15 is 0 Å². The van der Waals surface area contributed by atoms with E-state index in [0.717, 1.165) is 0 Å². The highest BCUT2D eigenvalue weighted by molar-refractivity contribution is 6.15. The molecule has 3 rings (SSSR count). The minimum Gasteiger partial charge on any atom is -0.321 e. The van der Waals surface area contributed by atoms with Crippen molar-refractivity contribution < 1.29 is 9.59 Å². The zero-order valence-corrected chi connectivity index (χ0v) is 12.3. The summed E-state index contributed by atoms with van der Waals surface area (Å²) in [6, 6.07) is 19.3. The Kier molecular flexibility index (Phi) is 4.25. The van der Waals surface area contributed by atoms with Gasteiger partial charge in [-0.1, -0.05) is 42.5 Å². The molecule has 1 aromatic heterocycles. The van der Waals surface area contributed by atoms with Crippen LogP contribution < -0.4 is 5.32 Å². The van der Waals surface area contributed by atoms with E-state index < -0.39 is 0 Å². The third kappa shape index (κ3) is 3.32. The molecule has 0 saturated carbocycles. The fraction of sp³-hybridized carbons (Fsp3) is 0. The molecule has 0 bridgehead atoms. The molecule has 3 aromatic rings. The molecular formula is C19H14N2O2.